The van der Waals surface area contributed by atoms with Crippen LogP contribution < -0.4 is 10.3 Å². The Bertz CT molecular complexity index is 1050. The molecule has 128 valence electrons. The van der Waals surface area contributed by atoms with Crippen molar-refractivity contribution < 1.29 is 23.0 Å². The van der Waals surface area contributed by atoms with Gasteiger partial charge in [-0.2, -0.15) is 0 Å². The molecule has 0 unspecified atom stereocenters. The number of methoxy groups -OCH3 is 2. The average molecular weight is 346 g/mol. The first kappa shape index (κ1) is 16.6. The van der Waals surface area contributed by atoms with Gasteiger partial charge in [-0.3, -0.25) is 4.79 Å². The Morgan fingerprint density at radius 1 is 1.16 bits per heavy atom. The van der Waals surface area contributed by atoms with Crippen LogP contribution in [-0.2, 0) is 4.74 Å². The zero-order chi connectivity index (χ0) is 18.1. The predicted molar refractivity (Wildman–Crippen MR) is 85.6 cm³/mol. The fraction of sp³-hybridized carbons (Fsp3) is 0.118. The third-order valence-corrected chi connectivity index (χ3v) is 3.65. The second-order valence-corrected chi connectivity index (χ2v) is 5.10. The highest BCUT2D eigenvalue weighted by atomic mass is 19.2. The van der Waals surface area contributed by atoms with Crippen LogP contribution in [0.3, 0.4) is 0 Å². The van der Waals surface area contributed by atoms with Crippen LogP contribution in [0.25, 0.3) is 22.2 Å². The number of fused-ring (bicyclic) bond motifs is 1. The molecule has 2 aromatic carbocycles. The fourth-order valence-corrected chi connectivity index (χ4v) is 2.55. The van der Waals surface area contributed by atoms with Crippen LogP contribution in [0.5, 0.6) is 5.75 Å². The highest BCUT2D eigenvalue weighted by Gasteiger charge is 2.23. The van der Waals surface area contributed by atoms with Crippen molar-refractivity contribution in [3.05, 3.63) is 58.0 Å². The number of carbonyl (C=O) groups is 1. The number of nitrogens with one attached hydrogen (secondary N) is 1. The molecule has 0 spiro atoms. The Morgan fingerprint density at radius 2 is 1.92 bits per heavy atom. The zero-order valence-corrected chi connectivity index (χ0v) is 13.2. The molecule has 1 heterocycles. The molecular weight excluding hydrogens is 334 g/mol. The van der Waals surface area contributed by atoms with E-state index in [2.05, 4.69) is 9.97 Å². The third-order valence-electron chi connectivity index (χ3n) is 3.65. The molecule has 0 aliphatic carbocycles. The van der Waals surface area contributed by atoms with Crippen LogP contribution in [0.2, 0.25) is 0 Å². The first-order chi connectivity index (χ1) is 12.0. The molecule has 0 amide bonds. The van der Waals surface area contributed by atoms with Gasteiger partial charge in [0.15, 0.2) is 11.6 Å². The van der Waals surface area contributed by atoms with E-state index in [0.717, 1.165) is 18.3 Å². The number of hydrogen-bond acceptors (Lipinski definition) is 5. The van der Waals surface area contributed by atoms with E-state index in [1.165, 1.54) is 26.4 Å². The number of aromatic amines is 1. The highest BCUT2D eigenvalue weighted by molar-refractivity contribution is 6.07. The molecule has 0 fully saturated rings. The monoisotopic (exact) mass is 346 g/mol. The molecule has 0 saturated heterocycles. The Labute approximate surface area is 140 Å². The van der Waals surface area contributed by atoms with E-state index in [1.54, 1.807) is 0 Å². The van der Waals surface area contributed by atoms with Gasteiger partial charge in [0.25, 0.3) is 5.56 Å². The molecule has 0 radical (unpaired) electrons. The van der Waals surface area contributed by atoms with Crippen LogP contribution in [0, 0.1) is 11.6 Å². The van der Waals surface area contributed by atoms with Gasteiger partial charge in [-0.05, 0) is 23.8 Å². The quantitative estimate of drug-likeness (QED) is 0.738. The van der Waals surface area contributed by atoms with E-state index in [-0.39, 0.29) is 33.5 Å². The molecule has 25 heavy (non-hydrogen) atoms. The maximum Gasteiger partial charge on any atom is 0.343 e. The molecule has 6 nitrogen and oxygen atoms in total. The summed E-state index contributed by atoms with van der Waals surface area (Å²) >= 11 is 0. The van der Waals surface area contributed by atoms with Crippen molar-refractivity contribution in [3.63, 3.8) is 0 Å². The second kappa shape index (κ2) is 6.31. The van der Waals surface area contributed by atoms with Crippen molar-refractivity contribution in [2.45, 2.75) is 0 Å². The zero-order valence-electron chi connectivity index (χ0n) is 13.2. The molecule has 0 bridgehead atoms. The number of nitrogens with zero attached hydrogens (tertiary/aromatic N) is 1. The molecule has 3 aromatic rings. The summed E-state index contributed by atoms with van der Waals surface area (Å²) < 4.78 is 36.9. The number of hydrogen-bond donors (Lipinski definition) is 1. The molecule has 0 aliphatic rings. The first-order valence-electron chi connectivity index (χ1n) is 7.10. The summed E-state index contributed by atoms with van der Waals surface area (Å²) in [5.74, 6) is -2.73. The third kappa shape index (κ3) is 2.82. The Hall–Kier alpha value is -3.29. The van der Waals surface area contributed by atoms with Gasteiger partial charge in [0.05, 0.1) is 25.9 Å². The summed E-state index contributed by atoms with van der Waals surface area (Å²) in [5.41, 5.74) is 0.414. The number of ether oxygens (including phenoxy) is 2. The van der Waals surface area contributed by atoms with Gasteiger partial charge in [0.1, 0.15) is 16.8 Å². The van der Waals surface area contributed by atoms with Gasteiger partial charge >= 0.3 is 5.97 Å². The number of rotatable bonds is 3. The number of halogens is 2. The molecule has 1 aromatic heterocycles. The SMILES string of the molecule is COC(=O)c1c(OC)c(-c2ccc(F)c(F)c2)cc2[nH]c(=O)cnc12. The van der Waals surface area contributed by atoms with Gasteiger partial charge < -0.3 is 14.5 Å². The summed E-state index contributed by atoms with van der Waals surface area (Å²) in [5, 5.41) is 0. The number of benzene rings is 2. The Morgan fingerprint density at radius 3 is 2.56 bits per heavy atom. The molecule has 3 rings (SSSR count). The van der Waals surface area contributed by atoms with Gasteiger partial charge in [-0.15, -0.1) is 0 Å². The summed E-state index contributed by atoms with van der Waals surface area (Å²) in [4.78, 5) is 30.3. The summed E-state index contributed by atoms with van der Waals surface area (Å²) in [6, 6.07) is 4.73. The molecule has 0 saturated carbocycles. The minimum Gasteiger partial charge on any atom is -0.495 e. The van der Waals surface area contributed by atoms with Crippen LogP contribution in [-0.4, -0.2) is 30.2 Å². The van der Waals surface area contributed by atoms with E-state index in [9.17, 15) is 18.4 Å². The number of aromatic nitrogens is 2. The van der Waals surface area contributed by atoms with E-state index in [4.69, 9.17) is 9.47 Å². The maximum atomic E-state index is 13.6. The lowest BCUT2D eigenvalue weighted by Crippen LogP contribution is -2.11. The second-order valence-electron chi connectivity index (χ2n) is 5.10. The normalized spacial score (nSPS) is 10.7. The van der Waals surface area contributed by atoms with E-state index in [1.807, 2.05) is 0 Å². The summed E-state index contributed by atoms with van der Waals surface area (Å²) in [6.07, 6.45) is 1.02. The van der Waals surface area contributed by atoms with Crippen molar-refractivity contribution >= 4 is 17.0 Å². The van der Waals surface area contributed by atoms with Crippen molar-refractivity contribution in [2.75, 3.05) is 14.2 Å². The number of carbonyl (C=O) groups excluding carboxylic acids is 1. The fourth-order valence-electron chi connectivity index (χ4n) is 2.55. The van der Waals surface area contributed by atoms with Crippen LogP contribution in [0.4, 0.5) is 8.78 Å². The minimum absolute atomic E-state index is 0.0292. The van der Waals surface area contributed by atoms with Crippen LogP contribution in [0.1, 0.15) is 10.4 Å². The first-order valence-corrected chi connectivity index (χ1v) is 7.10. The van der Waals surface area contributed by atoms with Gasteiger partial charge in [-0.25, -0.2) is 18.6 Å². The lowest BCUT2D eigenvalue weighted by molar-refractivity contribution is 0.0599. The smallest absolute Gasteiger partial charge is 0.343 e. The predicted octanol–water partition coefficient (Wildman–Crippen LogP) is 2.66. The Kier molecular flexibility index (Phi) is 4.18. The van der Waals surface area contributed by atoms with Gasteiger partial charge in [-0.1, -0.05) is 6.07 Å². The number of esters is 1. The van der Waals surface area contributed by atoms with Crippen molar-refractivity contribution in [2.24, 2.45) is 0 Å². The Balaban J connectivity index is 2.43. The van der Waals surface area contributed by atoms with E-state index >= 15 is 0 Å². The molecule has 0 aliphatic heterocycles. The highest BCUT2D eigenvalue weighted by Crippen LogP contribution is 2.37. The minimum atomic E-state index is -1.06. The summed E-state index contributed by atoms with van der Waals surface area (Å²) in [6.45, 7) is 0. The standard InChI is InChI=1S/C17H12F2N2O4/c1-24-16-9(8-3-4-10(18)11(19)5-8)6-12-15(14(16)17(23)25-2)20-7-13(22)21-12/h3-7H,1-2H3,(H,21,22). The maximum absolute atomic E-state index is 13.6. The lowest BCUT2D eigenvalue weighted by atomic mass is 9.99. The summed E-state index contributed by atoms with van der Waals surface area (Å²) in [7, 11) is 2.51. The molecular formula is C17H12F2N2O4. The molecule has 0 atom stereocenters. The van der Waals surface area contributed by atoms with Gasteiger partial charge in [0.2, 0.25) is 0 Å². The lowest BCUT2D eigenvalue weighted by Gasteiger charge is -2.15. The van der Waals surface area contributed by atoms with Crippen LogP contribution >= 0.6 is 0 Å². The largest absolute Gasteiger partial charge is 0.495 e. The topological polar surface area (TPSA) is 81.3 Å². The van der Waals surface area contributed by atoms with Gasteiger partial charge in [0, 0.05) is 5.56 Å². The van der Waals surface area contributed by atoms with Crippen molar-refractivity contribution in [1.29, 1.82) is 0 Å². The van der Waals surface area contributed by atoms with E-state index in [0.29, 0.717) is 0 Å². The van der Waals surface area contributed by atoms with Crippen molar-refractivity contribution in [3.8, 4) is 16.9 Å². The molecule has 8 heteroatoms. The number of H-pyrrole nitrogens is 1. The van der Waals surface area contributed by atoms with E-state index < -0.39 is 23.2 Å². The molecule has 1 N–H and O–H groups in total. The average Bonchev–Trinajstić information content (AvgIpc) is 2.61. The van der Waals surface area contributed by atoms with Crippen molar-refractivity contribution in [1.82, 2.24) is 9.97 Å². The van der Waals surface area contributed by atoms with Crippen LogP contribution in [0.15, 0.2) is 35.3 Å².